The summed E-state index contributed by atoms with van der Waals surface area (Å²) in [6, 6.07) is 14.6. The molecule has 0 heterocycles. The molecule has 0 amide bonds. The standard InChI is InChI=1S/C22H21BrO3/c1-22(2,3)19(21(25)26)14-16-6-4-15(5-7-16)8-13-20(24)17-9-11-18(23)12-10-17/h4-14H,1-3H3,(H,25,26)/b13-8+,19-14+. The molecule has 0 aliphatic rings. The van der Waals surface area contributed by atoms with Gasteiger partial charge in [-0.3, -0.25) is 4.79 Å². The van der Waals surface area contributed by atoms with Crippen LogP contribution in [0, 0.1) is 5.41 Å². The van der Waals surface area contributed by atoms with E-state index in [1.165, 1.54) is 6.08 Å². The summed E-state index contributed by atoms with van der Waals surface area (Å²) in [4.78, 5) is 23.6. The summed E-state index contributed by atoms with van der Waals surface area (Å²) in [5.74, 6) is -0.982. The van der Waals surface area contributed by atoms with Crippen molar-refractivity contribution < 1.29 is 14.7 Å². The third kappa shape index (κ3) is 5.53. The Balaban J connectivity index is 2.15. The van der Waals surface area contributed by atoms with Gasteiger partial charge in [0.2, 0.25) is 0 Å². The highest BCUT2D eigenvalue weighted by Gasteiger charge is 2.23. The molecule has 4 heteroatoms. The lowest BCUT2D eigenvalue weighted by Gasteiger charge is -2.19. The van der Waals surface area contributed by atoms with Crippen molar-refractivity contribution in [2.24, 2.45) is 5.41 Å². The third-order valence-corrected chi connectivity index (χ3v) is 4.37. The van der Waals surface area contributed by atoms with Gasteiger partial charge < -0.3 is 5.11 Å². The molecule has 0 aliphatic heterocycles. The molecular weight excluding hydrogens is 392 g/mol. The monoisotopic (exact) mass is 412 g/mol. The van der Waals surface area contributed by atoms with Gasteiger partial charge >= 0.3 is 5.97 Å². The Kier molecular flexibility index (Phi) is 6.32. The number of carboxylic acid groups (broad SMARTS) is 1. The Bertz CT molecular complexity index is 852. The molecule has 26 heavy (non-hydrogen) atoms. The van der Waals surface area contributed by atoms with Crippen LogP contribution >= 0.6 is 15.9 Å². The molecular formula is C22H21BrO3. The average Bonchev–Trinajstić information content (AvgIpc) is 2.58. The van der Waals surface area contributed by atoms with Crippen LogP contribution in [0.3, 0.4) is 0 Å². The van der Waals surface area contributed by atoms with Gasteiger partial charge in [-0.1, -0.05) is 67.0 Å². The second kappa shape index (κ2) is 8.28. The second-order valence-corrected chi connectivity index (χ2v) is 7.90. The van der Waals surface area contributed by atoms with E-state index in [1.807, 2.05) is 57.2 Å². The number of carboxylic acids is 1. The van der Waals surface area contributed by atoms with Gasteiger partial charge in [0.15, 0.2) is 5.78 Å². The number of carbonyl (C=O) groups excluding carboxylic acids is 1. The van der Waals surface area contributed by atoms with Gasteiger partial charge in [0.25, 0.3) is 0 Å². The van der Waals surface area contributed by atoms with Gasteiger partial charge in [0, 0.05) is 15.6 Å². The lowest BCUT2D eigenvalue weighted by atomic mass is 9.85. The summed E-state index contributed by atoms with van der Waals surface area (Å²) >= 11 is 3.34. The first-order valence-electron chi connectivity index (χ1n) is 8.20. The predicted octanol–water partition coefficient (Wildman–Crippen LogP) is 5.86. The molecule has 0 atom stereocenters. The van der Waals surface area contributed by atoms with Crippen molar-refractivity contribution in [2.45, 2.75) is 20.8 Å². The first-order chi connectivity index (χ1) is 12.2. The molecule has 3 nitrogen and oxygen atoms in total. The predicted molar refractivity (Wildman–Crippen MR) is 109 cm³/mol. The van der Waals surface area contributed by atoms with Crippen molar-refractivity contribution in [3.05, 3.63) is 81.3 Å². The molecule has 0 saturated carbocycles. The van der Waals surface area contributed by atoms with Gasteiger partial charge in [0.1, 0.15) is 0 Å². The maximum Gasteiger partial charge on any atom is 0.332 e. The van der Waals surface area contributed by atoms with E-state index in [-0.39, 0.29) is 5.78 Å². The van der Waals surface area contributed by atoms with E-state index in [0.29, 0.717) is 11.1 Å². The smallest absolute Gasteiger partial charge is 0.332 e. The van der Waals surface area contributed by atoms with Crippen molar-refractivity contribution in [2.75, 3.05) is 0 Å². The first kappa shape index (κ1) is 19.9. The van der Waals surface area contributed by atoms with E-state index in [0.717, 1.165) is 15.6 Å². The van der Waals surface area contributed by atoms with Crippen molar-refractivity contribution in [3.63, 3.8) is 0 Å². The van der Waals surface area contributed by atoms with Crippen LogP contribution in [0.1, 0.15) is 42.3 Å². The number of aliphatic carboxylic acids is 1. The zero-order chi connectivity index (χ0) is 19.3. The van der Waals surface area contributed by atoms with E-state index in [4.69, 9.17) is 0 Å². The molecule has 0 radical (unpaired) electrons. The molecule has 1 N–H and O–H groups in total. The first-order valence-corrected chi connectivity index (χ1v) is 8.99. The van der Waals surface area contributed by atoms with Crippen LogP contribution in [0.15, 0.2) is 64.7 Å². The van der Waals surface area contributed by atoms with E-state index < -0.39 is 11.4 Å². The van der Waals surface area contributed by atoms with Gasteiger partial charge in [-0.2, -0.15) is 0 Å². The molecule has 2 rings (SSSR count). The summed E-state index contributed by atoms with van der Waals surface area (Å²) in [7, 11) is 0. The van der Waals surface area contributed by atoms with Crippen molar-refractivity contribution >= 4 is 39.8 Å². The topological polar surface area (TPSA) is 54.4 Å². The molecule has 2 aromatic rings. The molecule has 0 aliphatic carbocycles. The number of hydrogen-bond donors (Lipinski definition) is 1. The minimum Gasteiger partial charge on any atom is -0.478 e. The van der Waals surface area contributed by atoms with Crippen LogP contribution in [0.5, 0.6) is 0 Å². The SMILES string of the molecule is CC(C)(C)/C(=C/c1ccc(/C=C/C(=O)c2ccc(Br)cc2)cc1)C(=O)O. The minimum atomic E-state index is -0.915. The molecule has 0 bridgehead atoms. The van der Waals surface area contributed by atoms with E-state index in [1.54, 1.807) is 24.3 Å². The second-order valence-electron chi connectivity index (χ2n) is 6.98. The van der Waals surface area contributed by atoms with E-state index in [9.17, 15) is 14.7 Å². The summed E-state index contributed by atoms with van der Waals surface area (Å²) < 4.78 is 0.928. The highest BCUT2D eigenvalue weighted by Crippen LogP contribution is 2.27. The van der Waals surface area contributed by atoms with Gasteiger partial charge in [-0.25, -0.2) is 4.79 Å². The zero-order valence-corrected chi connectivity index (χ0v) is 16.6. The normalized spacial score (nSPS) is 12.4. The van der Waals surface area contributed by atoms with Crippen LogP contribution in [-0.2, 0) is 4.79 Å². The molecule has 0 saturated heterocycles. The number of ketones is 1. The van der Waals surface area contributed by atoms with Crippen molar-refractivity contribution in [3.8, 4) is 0 Å². The molecule has 134 valence electrons. The van der Waals surface area contributed by atoms with Crippen LogP contribution in [-0.4, -0.2) is 16.9 Å². The Morgan fingerprint density at radius 1 is 0.923 bits per heavy atom. The summed E-state index contributed by atoms with van der Waals surface area (Å²) in [6.07, 6.45) is 4.97. The number of carbonyl (C=O) groups is 2. The number of hydrogen-bond acceptors (Lipinski definition) is 2. The van der Waals surface area contributed by atoms with Crippen LogP contribution in [0.4, 0.5) is 0 Å². The highest BCUT2D eigenvalue weighted by molar-refractivity contribution is 9.10. The lowest BCUT2D eigenvalue weighted by molar-refractivity contribution is -0.133. The summed E-state index contributed by atoms with van der Waals surface area (Å²) in [5.41, 5.74) is 2.22. The largest absolute Gasteiger partial charge is 0.478 e. The van der Waals surface area contributed by atoms with Gasteiger partial charge in [0.05, 0.1) is 0 Å². The minimum absolute atomic E-state index is 0.0673. The number of benzene rings is 2. The highest BCUT2D eigenvalue weighted by atomic mass is 79.9. The van der Waals surface area contributed by atoms with Crippen LogP contribution < -0.4 is 0 Å². The fraction of sp³-hybridized carbons (Fsp3) is 0.182. The molecule has 0 aromatic heterocycles. The molecule has 0 unspecified atom stereocenters. The number of allylic oxidation sites excluding steroid dienone is 1. The zero-order valence-electron chi connectivity index (χ0n) is 15.0. The van der Waals surface area contributed by atoms with E-state index in [2.05, 4.69) is 15.9 Å². The summed E-state index contributed by atoms with van der Waals surface area (Å²) in [6.45, 7) is 5.62. The van der Waals surface area contributed by atoms with Crippen molar-refractivity contribution in [1.82, 2.24) is 0 Å². The maximum absolute atomic E-state index is 12.2. The third-order valence-electron chi connectivity index (χ3n) is 3.84. The number of rotatable bonds is 5. The molecule has 0 fully saturated rings. The van der Waals surface area contributed by atoms with Gasteiger partial charge in [-0.15, -0.1) is 0 Å². The fourth-order valence-corrected chi connectivity index (χ4v) is 2.62. The Hall–Kier alpha value is -2.46. The molecule has 2 aromatic carbocycles. The molecule has 0 spiro atoms. The Morgan fingerprint density at radius 3 is 1.96 bits per heavy atom. The average molecular weight is 413 g/mol. The van der Waals surface area contributed by atoms with Gasteiger partial charge in [-0.05, 0) is 53.0 Å². The Morgan fingerprint density at radius 2 is 1.46 bits per heavy atom. The fourth-order valence-electron chi connectivity index (χ4n) is 2.35. The van der Waals surface area contributed by atoms with Crippen molar-refractivity contribution in [1.29, 1.82) is 0 Å². The van der Waals surface area contributed by atoms with Crippen LogP contribution in [0.25, 0.3) is 12.2 Å². The lowest BCUT2D eigenvalue weighted by Crippen LogP contribution is -2.17. The maximum atomic E-state index is 12.2. The van der Waals surface area contributed by atoms with E-state index >= 15 is 0 Å². The van der Waals surface area contributed by atoms with Crippen LogP contribution in [0.2, 0.25) is 0 Å². The quantitative estimate of drug-likeness (QED) is 0.494. The summed E-state index contributed by atoms with van der Waals surface area (Å²) in [5, 5.41) is 9.38. The Labute approximate surface area is 162 Å². The number of halogens is 1.